The summed E-state index contributed by atoms with van der Waals surface area (Å²) in [6.07, 6.45) is 0.750. The fourth-order valence-electron chi connectivity index (χ4n) is 0.677. The van der Waals surface area contributed by atoms with E-state index in [1.807, 2.05) is 39.8 Å². The Morgan fingerprint density at radius 3 is 1.62 bits per heavy atom. The molecule has 0 aliphatic rings. The maximum Gasteiger partial charge on any atom is 0.116 e. The smallest absolute Gasteiger partial charge is 0.116 e. The van der Waals surface area contributed by atoms with Crippen LogP contribution in [0.1, 0.15) is 45.7 Å². The average molecular weight is 245 g/mol. The highest BCUT2D eigenvalue weighted by Gasteiger charge is 1.86. The molecule has 0 amide bonds. The fourth-order valence-corrected chi connectivity index (χ4v) is 0.855. The monoisotopic (exact) mass is 244 g/mol. The lowest BCUT2D eigenvalue weighted by Crippen LogP contribution is -1.75. The molecule has 0 fully saturated rings. The van der Waals surface area contributed by atoms with E-state index in [1.165, 1.54) is 18.1 Å². The van der Waals surface area contributed by atoms with Crippen molar-refractivity contribution in [1.29, 1.82) is 0 Å². The van der Waals surface area contributed by atoms with Crippen molar-refractivity contribution in [3.63, 3.8) is 0 Å². The second-order valence-electron chi connectivity index (χ2n) is 2.35. The molecule has 1 aromatic rings. The third-order valence-electron chi connectivity index (χ3n) is 1.27. The number of benzene rings is 1. The molecule has 2 heteroatoms. The van der Waals surface area contributed by atoms with E-state index in [9.17, 15) is 0 Å². The van der Waals surface area contributed by atoms with Crippen LogP contribution in [0.2, 0.25) is 0 Å². The number of hydrogen-bond donors (Lipinski definition) is 0. The highest BCUT2D eigenvalue weighted by molar-refractivity contribution is 6.17. The first-order chi connectivity index (χ1) is 7.74. The van der Waals surface area contributed by atoms with Crippen molar-refractivity contribution in [3.05, 3.63) is 35.4 Å². The summed E-state index contributed by atoms with van der Waals surface area (Å²) in [4.78, 5) is 8.81. The van der Waals surface area contributed by atoms with Crippen LogP contribution in [0.25, 0.3) is 0 Å². The van der Waals surface area contributed by atoms with Gasteiger partial charge in [-0.25, -0.2) is 0 Å². The third-order valence-corrected chi connectivity index (χ3v) is 1.58. The SMILES string of the molecule is CC.CC.CC=O.Cc1ccc(CCl)cc1. The maximum atomic E-state index is 8.81. The van der Waals surface area contributed by atoms with Crippen LogP contribution < -0.4 is 0 Å². The van der Waals surface area contributed by atoms with Crippen molar-refractivity contribution in [2.24, 2.45) is 0 Å². The quantitative estimate of drug-likeness (QED) is 0.502. The molecule has 0 saturated heterocycles. The molecule has 0 aliphatic carbocycles. The lowest BCUT2D eigenvalue weighted by atomic mass is 10.2. The topological polar surface area (TPSA) is 17.1 Å². The molecule has 16 heavy (non-hydrogen) atoms. The summed E-state index contributed by atoms with van der Waals surface area (Å²) in [5.41, 5.74) is 2.46. The van der Waals surface area contributed by atoms with Crippen molar-refractivity contribution in [2.75, 3.05) is 0 Å². The Kier molecular flexibility index (Phi) is 25.3. The third kappa shape index (κ3) is 15.6. The number of carbonyl (C=O) groups excluding carboxylic acids is 1. The predicted octanol–water partition coefficient (Wildman–Crippen LogP) is 4.99. The number of rotatable bonds is 1. The molecule has 0 N–H and O–H groups in total. The van der Waals surface area contributed by atoms with Crippen LogP contribution in [0.5, 0.6) is 0 Å². The van der Waals surface area contributed by atoms with Gasteiger partial charge in [0.25, 0.3) is 0 Å². The van der Waals surface area contributed by atoms with Crippen LogP contribution in [-0.2, 0) is 10.7 Å². The largest absolute Gasteiger partial charge is 0.304 e. The molecule has 0 spiro atoms. The Morgan fingerprint density at radius 2 is 1.38 bits per heavy atom. The van der Waals surface area contributed by atoms with Crippen molar-refractivity contribution < 1.29 is 4.79 Å². The molecule has 0 heterocycles. The van der Waals surface area contributed by atoms with E-state index < -0.39 is 0 Å². The molecule has 0 saturated carbocycles. The van der Waals surface area contributed by atoms with E-state index in [0.717, 1.165) is 6.29 Å². The molecule has 1 nitrogen and oxygen atoms in total. The molecule has 0 radical (unpaired) electrons. The molecule has 1 rings (SSSR count). The zero-order valence-electron chi connectivity index (χ0n) is 11.4. The molecule has 0 atom stereocenters. The summed E-state index contributed by atoms with van der Waals surface area (Å²) in [6, 6.07) is 8.22. The first-order valence-electron chi connectivity index (χ1n) is 5.76. The second-order valence-corrected chi connectivity index (χ2v) is 2.62. The van der Waals surface area contributed by atoms with Gasteiger partial charge >= 0.3 is 0 Å². The van der Waals surface area contributed by atoms with Gasteiger partial charge in [0.15, 0.2) is 0 Å². The Bertz CT molecular complexity index is 217. The lowest BCUT2D eigenvalue weighted by molar-refractivity contribution is -0.106. The van der Waals surface area contributed by atoms with Crippen LogP contribution in [0.4, 0.5) is 0 Å². The van der Waals surface area contributed by atoms with E-state index in [1.54, 1.807) is 0 Å². The first-order valence-corrected chi connectivity index (χ1v) is 6.29. The van der Waals surface area contributed by atoms with Gasteiger partial charge in [0.05, 0.1) is 0 Å². The van der Waals surface area contributed by atoms with Crippen LogP contribution in [-0.4, -0.2) is 6.29 Å². The van der Waals surface area contributed by atoms with Crippen molar-refractivity contribution in [3.8, 4) is 0 Å². The maximum absolute atomic E-state index is 8.81. The highest BCUT2D eigenvalue weighted by atomic mass is 35.5. The zero-order chi connectivity index (χ0) is 13.4. The van der Waals surface area contributed by atoms with E-state index in [0.29, 0.717) is 5.88 Å². The summed E-state index contributed by atoms with van der Waals surface area (Å²) in [5, 5.41) is 0. The zero-order valence-corrected chi connectivity index (χ0v) is 12.1. The fraction of sp³-hybridized carbons (Fsp3) is 0.500. The molecule has 0 aliphatic heterocycles. The summed E-state index contributed by atoms with van der Waals surface area (Å²) >= 11 is 5.58. The number of aldehydes is 1. The van der Waals surface area contributed by atoms with Crippen molar-refractivity contribution in [2.45, 2.75) is 47.4 Å². The molecule has 0 unspecified atom stereocenters. The van der Waals surface area contributed by atoms with Crippen LogP contribution in [0.15, 0.2) is 24.3 Å². The van der Waals surface area contributed by atoms with E-state index in [-0.39, 0.29) is 0 Å². The number of carbonyl (C=O) groups is 1. The molecule has 0 bridgehead atoms. The minimum atomic E-state index is 0.611. The minimum Gasteiger partial charge on any atom is -0.304 e. The Hall–Kier alpha value is -0.820. The van der Waals surface area contributed by atoms with Crippen molar-refractivity contribution >= 4 is 17.9 Å². The Balaban J connectivity index is -0.000000206. The molecule has 94 valence electrons. The van der Waals surface area contributed by atoms with Gasteiger partial charge in [-0.15, -0.1) is 11.6 Å². The van der Waals surface area contributed by atoms with E-state index in [4.69, 9.17) is 16.4 Å². The summed E-state index contributed by atoms with van der Waals surface area (Å²) in [7, 11) is 0. The van der Waals surface area contributed by atoms with Gasteiger partial charge in [0, 0.05) is 5.88 Å². The number of aryl methyl sites for hydroxylation is 1. The molecule has 0 aromatic heterocycles. The summed E-state index contributed by atoms with van der Waals surface area (Å²) < 4.78 is 0. The van der Waals surface area contributed by atoms with E-state index >= 15 is 0 Å². The first kappa shape index (κ1) is 20.6. The number of hydrogen-bond acceptors (Lipinski definition) is 1. The minimum absolute atomic E-state index is 0.611. The second kappa shape index (κ2) is 19.7. The lowest BCUT2D eigenvalue weighted by Gasteiger charge is -1.93. The highest BCUT2D eigenvalue weighted by Crippen LogP contribution is 2.04. The van der Waals surface area contributed by atoms with Crippen LogP contribution >= 0.6 is 11.6 Å². The predicted molar refractivity (Wildman–Crippen MR) is 75.2 cm³/mol. The Labute approximate surface area is 106 Å². The normalized spacial score (nSPS) is 6.94. The van der Waals surface area contributed by atoms with Gasteiger partial charge < -0.3 is 4.79 Å². The van der Waals surface area contributed by atoms with Gasteiger partial charge in [-0.1, -0.05) is 57.5 Å². The van der Waals surface area contributed by atoms with Gasteiger partial charge in [-0.3, -0.25) is 0 Å². The summed E-state index contributed by atoms with van der Waals surface area (Å²) in [6.45, 7) is 11.5. The average Bonchev–Trinajstić information content (AvgIpc) is 2.36. The van der Waals surface area contributed by atoms with E-state index in [2.05, 4.69) is 19.1 Å². The standard InChI is InChI=1S/C8H9Cl.C2H4O.2C2H6/c1-7-2-4-8(6-9)5-3-7;1-2-3;2*1-2/h2-5H,6H2,1H3;2H,1H3;2*1-2H3. The van der Waals surface area contributed by atoms with Gasteiger partial charge in [-0.05, 0) is 19.4 Å². The van der Waals surface area contributed by atoms with Crippen molar-refractivity contribution in [1.82, 2.24) is 0 Å². The summed E-state index contributed by atoms with van der Waals surface area (Å²) in [5.74, 6) is 0.611. The number of halogens is 1. The molecular formula is C14H25ClO. The van der Waals surface area contributed by atoms with Gasteiger partial charge in [-0.2, -0.15) is 0 Å². The molecular weight excluding hydrogens is 220 g/mol. The Morgan fingerprint density at radius 1 is 1.06 bits per heavy atom. The van der Waals surface area contributed by atoms with Gasteiger partial charge in [0.2, 0.25) is 0 Å². The number of alkyl halides is 1. The van der Waals surface area contributed by atoms with Crippen LogP contribution in [0.3, 0.4) is 0 Å². The molecule has 1 aromatic carbocycles. The van der Waals surface area contributed by atoms with Crippen LogP contribution in [0, 0.1) is 6.92 Å². The van der Waals surface area contributed by atoms with Gasteiger partial charge in [0.1, 0.15) is 6.29 Å².